The van der Waals surface area contributed by atoms with Crippen molar-refractivity contribution in [3.8, 4) is 27.9 Å². The number of esters is 2. The largest absolute Gasteiger partial charge is 0.466 e. The lowest BCUT2D eigenvalue weighted by Crippen LogP contribution is -2.40. The van der Waals surface area contributed by atoms with Gasteiger partial charge in [0.1, 0.15) is 16.5 Å². The highest BCUT2D eigenvalue weighted by Gasteiger charge is 2.43. The molecule has 2 heterocycles. The molecule has 3 aromatic carbocycles. The van der Waals surface area contributed by atoms with Crippen molar-refractivity contribution in [1.82, 2.24) is 4.98 Å². The number of rotatable bonds is 6. The topological polar surface area (TPSA) is 119 Å². The SMILES string of the molecule is COC(=O)C1=C(C(=O)OC)N(c2cccc(-c3csc(-c4ccccc4)n3)c2)C(N)=C(C#N)C1c1ccccc1. The van der Waals surface area contributed by atoms with Crippen LogP contribution >= 0.6 is 11.3 Å². The second kappa shape index (κ2) is 11.3. The van der Waals surface area contributed by atoms with Gasteiger partial charge in [-0.05, 0) is 17.7 Å². The van der Waals surface area contributed by atoms with Gasteiger partial charge in [0.2, 0.25) is 0 Å². The maximum absolute atomic E-state index is 13.3. The number of aromatic nitrogens is 1. The van der Waals surface area contributed by atoms with Crippen molar-refractivity contribution >= 4 is 29.0 Å². The molecule has 5 rings (SSSR count). The van der Waals surface area contributed by atoms with Gasteiger partial charge in [0.15, 0.2) is 0 Å². The van der Waals surface area contributed by atoms with Crippen LogP contribution < -0.4 is 10.6 Å². The number of nitriles is 1. The minimum atomic E-state index is -0.931. The Morgan fingerprint density at radius 2 is 1.57 bits per heavy atom. The molecule has 198 valence electrons. The fourth-order valence-corrected chi connectivity index (χ4v) is 5.54. The van der Waals surface area contributed by atoms with Crippen molar-refractivity contribution in [2.75, 3.05) is 19.1 Å². The zero-order valence-electron chi connectivity index (χ0n) is 21.7. The highest BCUT2D eigenvalue weighted by atomic mass is 32.1. The molecule has 1 aliphatic rings. The first-order valence-electron chi connectivity index (χ1n) is 12.3. The lowest BCUT2D eigenvalue weighted by atomic mass is 9.81. The van der Waals surface area contributed by atoms with E-state index in [0.717, 1.165) is 21.8 Å². The van der Waals surface area contributed by atoms with Crippen LogP contribution in [0.3, 0.4) is 0 Å². The van der Waals surface area contributed by atoms with Crippen molar-refractivity contribution in [3.05, 3.63) is 119 Å². The number of carbonyl (C=O) groups excluding carboxylic acids is 2. The molecule has 9 heteroatoms. The van der Waals surface area contributed by atoms with Crippen molar-refractivity contribution in [3.63, 3.8) is 0 Å². The number of hydrogen-bond donors (Lipinski definition) is 1. The van der Waals surface area contributed by atoms with E-state index >= 15 is 0 Å². The molecule has 0 spiro atoms. The second-order valence-corrected chi connectivity index (χ2v) is 9.65. The van der Waals surface area contributed by atoms with Crippen LogP contribution in [0.5, 0.6) is 0 Å². The maximum atomic E-state index is 13.3. The van der Waals surface area contributed by atoms with Crippen molar-refractivity contribution in [2.45, 2.75) is 5.92 Å². The first-order valence-corrected chi connectivity index (χ1v) is 13.1. The fraction of sp³-hybridized carbons (Fsp3) is 0.0968. The Hall–Kier alpha value is -5.20. The number of ether oxygens (including phenoxy) is 2. The van der Waals surface area contributed by atoms with E-state index in [4.69, 9.17) is 20.2 Å². The molecule has 40 heavy (non-hydrogen) atoms. The smallest absolute Gasteiger partial charge is 0.355 e. The highest BCUT2D eigenvalue weighted by molar-refractivity contribution is 7.13. The van der Waals surface area contributed by atoms with Crippen LogP contribution in [0.25, 0.3) is 21.8 Å². The summed E-state index contributed by atoms with van der Waals surface area (Å²) in [6.07, 6.45) is 0. The van der Waals surface area contributed by atoms with Gasteiger partial charge in [0.25, 0.3) is 0 Å². The van der Waals surface area contributed by atoms with Gasteiger partial charge in [0.05, 0.1) is 43.0 Å². The van der Waals surface area contributed by atoms with Crippen LogP contribution in [0.1, 0.15) is 11.5 Å². The zero-order valence-corrected chi connectivity index (χ0v) is 22.5. The van der Waals surface area contributed by atoms with E-state index in [1.54, 1.807) is 42.5 Å². The molecule has 1 unspecified atom stereocenters. The summed E-state index contributed by atoms with van der Waals surface area (Å²) in [6.45, 7) is 0. The van der Waals surface area contributed by atoms with E-state index in [1.807, 2.05) is 47.8 Å². The lowest BCUT2D eigenvalue weighted by Gasteiger charge is -2.36. The summed E-state index contributed by atoms with van der Waals surface area (Å²) in [5, 5.41) is 13.0. The summed E-state index contributed by atoms with van der Waals surface area (Å²) in [4.78, 5) is 32.7. The van der Waals surface area contributed by atoms with E-state index in [0.29, 0.717) is 11.3 Å². The number of allylic oxidation sites excluding steroid dienone is 1. The minimum absolute atomic E-state index is 0.00445. The van der Waals surface area contributed by atoms with Gasteiger partial charge in [0, 0.05) is 22.2 Å². The Morgan fingerprint density at radius 1 is 0.925 bits per heavy atom. The number of methoxy groups -OCH3 is 2. The molecular formula is C31H24N4O4S. The summed E-state index contributed by atoms with van der Waals surface area (Å²) in [6, 6.07) is 28.1. The Bertz CT molecular complexity index is 1690. The van der Waals surface area contributed by atoms with Crippen molar-refractivity contribution in [2.24, 2.45) is 5.73 Å². The molecule has 0 radical (unpaired) electrons. The monoisotopic (exact) mass is 548 g/mol. The van der Waals surface area contributed by atoms with Crippen LogP contribution in [-0.4, -0.2) is 31.1 Å². The average molecular weight is 549 g/mol. The third-order valence-corrected chi connectivity index (χ3v) is 7.43. The van der Waals surface area contributed by atoms with Crippen LogP contribution in [0.4, 0.5) is 5.69 Å². The Kier molecular flexibility index (Phi) is 7.44. The lowest BCUT2D eigenvalue weighted by molar-refractivity contribution is -0.139. The van der Waals surface area contributed by atoms with E-state index in [1.165, 1.54) is 30.5 Å². The third kappa shape index (κ3) is 4.72. The molecule has 1 atom stereocenters. The number of anilines is 1. The van der Waals surface area contributed by atoms with Gasteiger partial charge in [-0.1, -0.05) is 72.8 Å². The summed E-state index contributed by atoms with van der Waals surface area (Å²) in [7, 11) is 2.44. The molecule has 8 nitrogen and oxygen atoms in total. The fourth-order valence-electron chi connectivity index (χ4n) is 4.71. The normalized spacial score (nSPS) is 15.0. The number of nitrogens with two attached hydrogens (primary N) is 1. The number of thiazole rings is 1. The quantitative estimate of drug-likeness (QED) is 0.319. The van der Waals surface area contributed by atoms with E-state index < -0.39 is 17.9 Å². The maximum Gasteiger partial charge on any atom is 0.355 e. The van der Waals surface area contributed by atoms with Gasteiger partial charge in [-0.25, -0.2) is 14.6 Å². The number of hydrogen-bond acceptors (Lipinski definition) is 9. The molecule has 0 aliphatic carbocycles. The van der Waals surface area contributed by atoms with Crippen LogP contribution in [0.2, 0.25) is 0 Å². The van der Waals surface area contributed by atoms with Crippen LogP contribution in [0, 0.1) is 11.3 Å². The number of carbonyl (C=O) groups is 2. The Morgan fingerprint density at radius 3 is 2.23 bits per heavy atom. The summed E-state index contributed by atoms with van der Waals surface area (Å²) >= 11 is 1.51. The molecule has 4 aromatic rings. The van der Waals surface area contributed by atoms with E-state index in [9.17, 15) is 14.9 Å². The van der Waals surface area contributed by atoms with Gasteiger partial charge in [-0.3, -0.25) is 4.90 Å². The van der Waals surface area contributed by atoms with Gasteiger partial charge in [-0.15, -0.1) is 11.3 Å². The zero-order chi connectivity index (χ0) is 28.2. The minimum Gasteiger partial charge on any atom is -0.466 e. The van der Waals surface area contributed by atoms with Crippen molar-refractivity contribution in [1.29, 1.82) is 5.26 Å². The second-order valence-electron chi connectivity index (χ2n) is 8.79. The first kappa shape index (κ1) is 26.4. The van der Waals surface area contributed by atoms with E-state index in [2.05, 4.69) is 6.07 Å². The standard InChI is InChI=1S/C31H24N4O4S/c1-38-30(36)26-25(19-10-5-3-6-11-19)23(17-32)28(33)35(27(26)31(37)39-2)22-15-9-14-21(16-22)24-18-40-29(34-24)20-12-7-4-8-13-20/h3-16,18,25H,33H2,1-2H3. The van der Waals surface area contributed by atoms with E-state index in [-0.39, 0.29) is 22.7 Å². The Labute approximate surface area is 235 Å². The first-order chi connectivity index (χ1) is 19.5. The van der Waals surface area contributed by atoms with Crippen molar-refractivity contribution < 1.29 is 19.1 Å². The summed E-state index contributed by atoms with van der Waals surface area (Å²) in [5.74, 6) is -2.50. The Balaban J connectivity index is 1.69. The molecule has 1 aromatic heterocycles. The highest BCUT2D eigenvalue weighted by Crippen LogP contribution is 2.43. The number of benzene rings is 3. The van der Waals surface area contributed by atoms with Crippen LogP contribution in [0.15, 0.2) is 113 Å². The summed E-state index contributed by atoms with van der Waals surface area (Å²) in [5.41, 5.74) is 10.1. The number of nitrogens with zero attached hydrogens (tertiary/aromatic N) is 3. The van der Waals surface area contributed by atoms with Crippen LogP contribution in [-0.2, 0) is 19.1 Å². The molecule has 0 saturated carbocycles. The molecule has 0 saturated heterocycles. The third-order valence-electron chi connectivity index (χ3n) is 6.54. The van der Waals surface area contributed by atoms with Gasteiger partial charge in [-0.2, -0.15) is 5.26 Å². The molecule has 0 bridgehead atoms. The summed E-state index contributed by atoms with van der Waals surface area (Å²) < 4.78 is 10.2. The van der Waals surface area contributed by atoms with Gasteiger partial charge < -0.3 is 15.2 Å². The molecule has 0 fully saturated rings. The predicted octanol–water partition coefficient (Wildman–Crippen LogP) is 5.37. The molecule has 2 N–H and O–H groups in total. The molecule has 0 amide bonds. The predicted molar refractivity (Wildman–Crippen MR) is 153 cm³/mol. The average Bonchev–Trinajstić information content (AvgIpc) is 3.51. The van der Waals surface area contributed by atoms with Gasteiger partial charge >= 0.3 is 11.9 Å². The molecule has 1 aliphatic heterocycles. The molecular weight excluding hydrogens is 524 g/mol.